The highest BCUT2D eigenvalue weighted by molar-refractivity contribution is 7.89. The lowest BCUT2D eigenvalue weighted by molar-refractivity contribution is 0.0748. The van der Waals surface area contributed by atoms with Crippen LogP contribution in [0, 0.1) is 0 Å². The molecule has 3 aromatic rings. The van der Waals surface area contributed by atoms with Crippen molar-refractivity contribution in [3.05, 3.63) is 69.2 Å². The first-order chi connectivity index (χ1) is 14.8. The molecule has 1 amide bonds. The molecular formula is C21H21ClN4O4S. The van der Waals surface area contributed by atoms with Gasteiger partial charge in [0.05, 0.1) is 22.3 Å². The smallest absolute Gasteiger partial charge is 0.258 e. The van der Waals surface area contributed by atoms with Crippen molar-refractivity contribution in [2.24, 2.45) is 0 Å². The zero-order chi connectivity index (χ0) is 22.2. The Kier molecular flexibility index (Phi) is 5.83. The molecule has 8 nitrogen and oxygen atoms in total. The van der Waals surface area contributed by atoms with E-state index in [-0.39, 0.29) is 28.9 Å². The monoisotopic (exact) mass is 460 g/mol. The summed E-state index contributed by atoms with van der Waals surface area (Å²) in [5.41, 5.74) is 0.490. The number of fused-ring (bicyclic) bond motifs is 1. The highest BCUT2D eigenvalue weighted by Gasteiger charge is 2.28. The number of carbonyl (C=O) groups is 1. The summed E-state index contributed by atoms with van der Waals surface area (Å²) in [6, 6.07) is 10.6. The quantitative estimate of drug-likeness (QED) is 0.563. The lowest BCUT2D eigenvalue weighted by Crippen LogP contribution is -2.32. The molecule has 4 rings (SSSR count). The fourth-order valence-corrected chi connectivity index (χ4v) is 4.66. The van der Waals surface area contributed by atoms with Crippen LogP contribution in [0.5, 0.6) is 0 Å². The van der Waals surface area contributed by atoms with Crippen molar-refractivity contribution in [3.63, 3.8) is 0 Å². The van der Waals surface area contributed by atoms with Crippen molar-refractivity contribution in [2.75, 3.05) is 6.54 Å². The van der Waals surface area contributed by atoms with Crippen LogP contribution < -0.4 is 10.3 Å². The molecule has 1 heterocycles. The van der Waals surface area contributed by atoms with E-state index in [0.717, 1.165) is 12.8 Å². The Hall–Kier alpha value is -2.75. The predicted molar refractivity (Wildman–Crippen MR) is 118 cm³/mol. The van der Waals surface area contributed by atoms with E-state index in [1.54, 1.807) is 18.2 Å². The van der Waals surface area contributed by atoms with Gasteiger partial charge in [0.1, 0.15) is 5.82 Å². The summed E-state index contributed by atoms with van der Waals surface area (Å²) in [7, 11) is -3.58. The first-order valence-electron chi connectivity index (χ1n) is 9.87. The molecule has 2 N–H and O–H groups in total. The Labute approximate surface area is 184 Å². The van der Waals surface area contributed by atoms with Crippen LogP contribution in [-0.2, 0) is 16.6 Å². The van der Waals surface area contributed by atoms with Gasteiger partial charge in [-0.3, -0.25) is 9.59 Å². The van der Waals surface area contributed by atoms with Crippen LogP contribution >= 0.6 is 11.6 Å². The van der Waals surface area contributed by atoms with Crippen LogP contribution in [0.2, 0.25) is 5.02 Å². The third-order valence-electron chi connectivity index (χ3n) is 5.04. The molecule has 0 saturated heterocycles. The summed E-state index contributed by atoms with van der Waals surface area (Å²) in [4.78, 5) is 34.0. The molecular weight excluding hydrogens is 440 g/mol. The van der Waals surface area contributed by atoms with Gasteiger partial charge in [0.2, 0.25) is 10.0 Å². The van der Waals surface area contributed by atoms with Gasteiger partial charge in [-0.25, -0.2) is 18.1 Å². The van der Waals surface area contributed by atoms with E-state index in [2.05, 4.69) is 14.7 Å². The molecule has 31 heavy (non-hydrogen) atoms. The molecule has 0 aliphatic heterocycles. The Bertz CT molecular complexity index is 1300. The summed E-state index contributed by atoms with van der Waals surface area (Å²) in [6.07, 6.45) is 1.69. The second-order valence-electron chi connectivity index (χ2n) is 7.41. The Balaban J connectivity index is 1.54. The van der Waals surface area contributed by atoms with Gasteiger partial charge in [0.25, 0.3) is 11.5 Å². The summed E-state index contributed by atoms with van der Waals surface area (Å²) in [6.45, 7) is 2.28. The molecule has 0 bridgehead atoms. The summed E-state index contributed by atoms with van der Waals surface area (Å²) < 4.78 is 27.2. The third-order valence-corrected chi connectivity index (χ3v) is 6.81. The van der Waals surface area contributed by atoms with E-state index in [0.29, 0.717) is 33.9 Å². The molecule has 1 aliphatic carbocycles. The average molecular weight is 461 g/mol. The molecule has 0 spiro atoms. The van der Waals surface area contributed by atoms with Gasteiger partial charge in [0, 0.05) is 23.2 Å². The maximum absolute atomic E-state index is 13.0. The minimum Gasteiger partial charge on any atom is -0.331 e. The number of aromatic nitrogens is 2. The van der Waals surface area contributed by atoms with Crippen LogP contribution in [0.1, 0.15) is 35.9 Å². The number of sulfonamides is 1. The molecule has 0 atom stereocenters. The van der Waals surface area contributed by atoms with Gasteiger partial charge in [-0.1, -0.05) is 11.6 Å². The Morgan fingerprint density at radius 1 is 1.23 bits per heavy atom. The van der Waals surface area contributed by atoms with Gasteiger partial charge >= 0.3 is 0 Å². The van der Waals surface area contributed by atoms with Crippen molar-refractivity contribution in [3.8, 4) is 0 Å². The van der Waals surface area contributed by atoms with E-state index in [4.69, 9.17) is 11.6 Å². The van der Waals surface area contributed by atoms with Crippen LogP contribution in [0.3, 0.4) is 0 Å². The molecule has 10 heteroatoms. The van der Waals surface area contributed by atoms with Crippen molar-refractivity contribution < 1.29 is 13.2 Å². The lowest BCUT2D eigenvalue weighted by atomic mass is 10.2. The zero-order valence-electron chi connectivity index (χ0n) is 16.8. The average Bonchev–Trinajstić information content (AvgIpc) is 3.54. The number of rotatable bonds is 7. The van der Waals surface area contributed by atoms with Crippen LogP contribution in [0.25, 0.3) is 10.9 Å². The SMILES string of the molecule is CCN(Cc1nc2cc(Cl)ccc2c(=O)[nH]1)C(=O)c1ccc(S(=O)(=O)NC2CC2)cc1. The Morgan fingerprint density at radius 3 is 2.58 bits per heavy atom. The topological polar surface area (TPSA) is 112 Å². The molecule has 1 fully saturated rings. The van der Waals surface area contributed by atoms with Gasteiger partial charge in [-0.15, -0.1) is 0 Å². The molecule has 1 saturated carbocycles. The van der Waals surface area contributed by atoms with E-state index in [1.807, 2.05) is 6.92 Å². The molecule has 0 radical (unpaired) electrons. The van der Waals surface area contributed by atoms with Crippen LogP contribution in [0.4, 0.5) is 0 Å². The number of hydrogen-bond acceptors (Lipinski definition) is 5. The fourth-order valence-electron chi connectivity index (χ4n) is 3.19. The van der Waals surface area contributed by atoms with Gasteiger partial charge in [-0.2, -0.15) is 0 Å². The van der Waals surface area contributed by atoms with Gasteiger partial charge < -0.3 is 9.88 Å². The summed E-state index contributed by atoms with van der Waals surface area (Å²) >= 11 is 6.00. The van der Waals surface area contributed by atoms with E-state index in [9.17, 15) is 18.0 Å². The van der Waals surface area contributed by atoms with E-state index < -0.39 is 10.0 Å². The number of nitrogens with one attached hydrogen (secondary N) is 2. The number of carbonyl (C=O) groups excluding carboxylic acids is 1. The molecule has 162 valence electrons. The van der Waals surface area contributed by atoms with Gasteiger partial charge in [0.15, 0.2) is 0 Å². The third kappa shape index (κ3) is 4.79. The summed E-state index contributed by atoms with van der Waals surface area (Å²) in [5, 5.41) is 0.880. The van der Waals surface area contributed by atoms with Crippen molar-refractivity contribution in [2.45, 2.75) is 37.2 Å². The minimum absolute atomic E-state index is 0.00776. The molecule has 1 aromatic heterocycles. The summed E-state index contributed by atoms with van der Waals surface area (Å²) in [5.74, 6) is 0.0400. The van der Waals surface area contributed by atoms with Gasteiger partial charge in [-0.05, 0) is 62.2 Å². The second kappa shape index (κ2) is 8.41. The first kappa shape index (κ1) is 21.5. The van der Waals surface area contributed by atoms with Crippen molar-refractivity contribution in [1.29, 1.82) is 0 Å². The highest BCUT2D eigenvalue weighted by atomic mass is 35.5. The van der Waals surface area contributed by atoms with Crippen LogP contribution in [-0.4, -0.2) is 41.8 Å². The zero-order valence-corrected chi connectivity index (χ0v) is 18.3. The first-order valence-corrected chi connectivity index (χ1v) is 11.7. The minimum atomic E-state index is -3.58. The maximum atomic E-state index is 13.0. The standard InChI is InChI=1S/C21H21ClN4O4S/c1-2-26(12-19-23-18-11-14(22)5-10-17(18)20(27)24-19)21(28)13-3-8-16(9-4-13)31(29,30)25-15-6-7-15/h3-5,8-11,15,25H,2,6-7,12H2,1H3,(H,23,24,27). The number of aromatic amines is 1. The predicted octanol–water partition coefficient (Wildman–Crippen LogP) is 2.68. The normalized spacial score (nSPS) is 14.0. The number of nitrogens with zero attached hydrogens (tertiary/aromatic N) is 2. The second-order valence-corrected chi connectivity index (χ2v) is 9.56. The Morgan fingerprint density at radius 2 is 1.94 bits per heavy atom. The number of halogens is 1. The number of amides is 1. The number of hydrogen-bond donors (Lipinski definition) is 2. The molecule has 2 aromatic carbocycles. The van der Waals surface area contributed by atoms with E-state index >= 15 is 0 Å². The molecule has 1 aliphatic rings. The lowest BCUT2D eigenvalue weighted by Gasteiger charge is -2.20. The largest absolute Gasteiger partial charge is 0.331 e. The van der Waals surface area contributed by atoms with Crippen molar-refractivity contribution in [1.82, 2.24) is 19.6 Å². The number of H-pyrrole nitrogens is 1. The van der Waals surface area contributed by atoms with Crippen LogP contribution in [0.15, 0.2) is 52.2 Å². The number of benzene rings is 2. The van der Waals surface area contributed by atoms with Crippen molar-refractivity contribution >= 4 is 38.4 Å². The molecule has 0 unspecified atom stereocenters. The highest BCUT2D eigenvalue weighted by Crippen LogP contribution is 2.22. The maximum Gasteiger partial charge on any atom is 0.258 e. The fraction of sp³-hybridized carbons (Fsp3) is 0.286. The van der Waals surface area contributed by atoms with E-state index in [1.165, 1.54) is 29.2 Å².